The second-order valence-corrected chi connectivity index (χ2v) is 8.02. The van der Waals surface area contributed by atoms with Gasteiger partial charge in [0.1, 0.15) is 42.0 Å². The highest BCUT2D eigenvalue weighted by molar-refractivity contribution is 5.41. The molecule has 5 N–H and O–H groups in total. The molecule has 0 bridgehead atoms. The highest BCUT2D eigenvalue weighted by Gasteiger charge is 2.44. The summed E-state index contributed by atoms with van der Waals surface area (Å²) in [6.07, 6.45) is -4.08. The lowest BCUT2D eigenvalue weighted by Crippen LogP contribution is -2.55. The summed E-state index contributed by atoms with van der Waals surface area (Å²) in [6, 6.07) is 12.3. The zero-order valence-corrected chi connectivity index (χ0v) is 17.0. The molecule has 0 unspecified atom stereocenters. The lowest BCUT2D eigenvalue weighted by Gasteiger charge is -2.40. The van der Waals surface area contributed by atoms with Crippen molar-refractivity contribution in [2.45, 2.75) is 56.1 Å². The van der Waals surface area contributed by atoms with Crippen molar-refractivity contribution in [3.63, 3.8) is 0 Å². The van der Waals surface area contributed by atoms with Gasteiger partial charge in [-0.2, -0.15) is 0 Å². The van der Waals surface area contributed by atoms with Crippen molar-refractivity contribution in [3.05, 3.63) is 59.2 Å². The summed E-state index contributed by atoms with van der Waals surface area (Å²) in [5.41, 5.74) is 2.09. The predicted octanol–water partition coefficient (Wildman–Crippen LogP) is 1.01. The first kappa shape index (κ1) is 22.0. The maximum Gasteiger partial charge on any atom is 0.199 e. The molecule has 2 saturated heterocycles. The van der Waals surface area contributed by atoms with Gasteiger partial charge in [0.05, 0.1) is 13.2 Å². The van der Waals surface area contributed by atoms with Crippen LogP contribution in [0.1, 0.15) is 35.6 Å². The van der Waals surface area contributed by atoms with Crippen molar-refractivity contribution in [1.29, 1.82) is 0 Å². The molecule has 2 aliphatic rings. The van der Waals surface area contributed by atoms with E-state index in [2.05, 4.69) is 0 Å². The second-order valence-electron chi connectivity index (χ2n) is 8.02. The Morgan fingerprint density at radius 3 is 2.42 bits per heavy atom. The van der Waals surface area contributed by atoms with Gasteiger partial charge < -0.3 is 39.7 Å². The van der Waals surface area contributed by atoms with Crippen LogP contribution in [0.2, 0.25) is 0 Å². The molecule has 0 amide bonds. The van der Waals surface area contributed by atoms with Gasteiger partial charge in [0.25, 0.3) is 0 Å². The molecule has 0 aliphatic carbocycles. The van der Waals surface area contributed by atoms with E-state index in [1.807, 2.05) is 24.3 Å². The fraction of sp³-hybridized carbons (Fsp3) is 0.478. The molecule has 31 heavy (non-hydrogen) atoms. The van der Waals surface area contributed by atoms with Crippen LogP contribution in [0, 0.1) is 0 Å². The SMILES string of the molecule is OC[C@H]1O[C@@H](c2ccc(O)c(Cc3ccc(O[C@H]4CCCO4)cc3)c2)[C@H](O)[C@@H](O)[C@@H]1O. The Hall–Kier alpha value is -2.20. The standard InChI is InChI=1S/C23H28O8/c24-12-18-20(26)21(27)22(28)23(31-18)14-5-8-17(25)15(11-14)10-13-3-6-16(7-4-13)30-19-2-1-9-29-19/h3-8,11,18-28H,1-2,9-10,12H2/t18-,19+,20-,21+,22-,23+/m1/s1. The van der Waals surface area contributed by atoms with Crippen LogP contribution in [-0.4, -0.2) is 69.5 Å². The molecule has 0 saturated carbocycles. The van der Waals surface area contributed by atoms with E-state index >= 15 is 0 Å². The number of rotatable bonds is 6. The van der Waals surface area contributed by atoms with E-state index in [4.69, 9.17) is 14.2 Å². The summed E-state index contributed by atoms with van der Waals surface area (Å²) in [4.78, 5) is 0. The Kier molecular flexibility index (Phi) is 6.76. The molecular formula is C23H28O8. The molecule has 2 fully saturated rings. The first-order valence-corrected chi connectivity index (χ1v) is 10.5. The maximum atomic E-state index is 10.4. The molecule has 0 aromatic heterocycles. The number of benzene rings is 2. The second kappa shape index (κ2) is 9.52. The maximum absolute atomic E-state index is 10.4. The van der Waals surface area contributed by atoms with Crippen molar-refractivity contribution in [2.24, 2.45) is 0 Å². The van der Waals surface area contributed by atoms with E-state index in [1.165, 1.54) is 6.07 Å². The quantitative estimate of drug-likeness (QED) is 0.458. The Balaban J connectivity index is 1.49. The monoisotopic (exact) mass is 432 g/mol. The molecule has 8 heteroatoms. The van der Waals surface area contributed by atoms with E-state index in [1.54, 1.807) is 12.1 Å². The van der Waals surface area contributed by atoms with Gasteiger partial charge >= 0.3 is 0 Å². The van der Waals surface area contributed by atoms with Gasteiger partial charge in [-0.25, -0.2) is 0 Å². The third kappa shape index (κ3) is 4.85. The number of hydrogen-bond donors (Lipinski definition) is 5. The lowest BCUT2D eigenvalue weighted by molar-refractivity contribution is -0.231. The number of phenolic OH excluding ortho intramolecular Hbond substituents is 1. The van der Waals surface area contributed by atoms with E-state index in [9.17, 15) is 25.5 Å². The van der Waals surface area contributed by atoms with Crippen LogP contribution < -0.4 is 4.74 Å². The smallest absolute Gasteiger partial charge is 0.199 e. The molecule has 2 aromatic rings. The Bertz CT molecular complexity index is 862. The summed E-state index contributed by atoms with van der Waals surface area (Å²) in [7, 11) is 0. The highest BCUT2D eigenvalue weighted by atomic mass is 16.7. The van der Waals surface area contributed by atoms with Gasteiger partial charge in [-0.1, -0.05) is 18.2 Å². The number of aromatic hydroxyl groups is 1. The van der Waals surface area contributed by atoms with Crippen LogP contribution in [-0.2, 0) is 15.9 Å². The Labute approximate surface area is 180 Å². The van der Waals surface area contributed by atoms with Crippen molar-refractivity contribution in [3.8, 4) is 11.5 Å². The van der Waals surface area contributed by atoms with Crippen LogP contribution in [0.25, 0.3) is 0 Å². The van der Waals surface area contributed by atoms with Crippen molar-refractivity contribution in [1.82, 2.24) is 0 Å². The Morgan fingerprint density at radius 1 is 0.968 bits per heavy atom. The predicted molar refractivity (Wildman–Crippen MR) is 110 cm³/mol. The van der Waals surface area contributed by atoms with Crippen molar-refractivity contribution >= 4 is 0 Å². The zero-order valence-electron chi connectivity index (χ0n) is 17.0. The van der Waals surface area contributed by atoms with E-state index < -0.39 is 37.1 Å². The largest absolute Gasteiger partial charge is 0.508 e. The number of aliphatic hydroxyl groups is 4. The van der Waals surface area contributed by atoms with Crippen LogP contribution in [0.15, 0.2) is 42.5 Å². The first-order chi connectivity index (χ1) is 15.0. The van der Waals surface area contributed by atoms with Gasteiger partial charge in [0.2, 0.25) is 0 Å². The molecule has 2 aliphatic heterocycles. The van der Waals surface area contributed by atoms with Crippen LogP contribution >= 0.6 is 0 Å². The number of phenols is 1. The average Bonchev–Trinajstić information content (AvgIpc) is 3.28. The first-order valence-electron chi connectivity index (χ1n) is 10.5. The topological polar surface area (TPSA) is 129 Å². The number of hydrogen-bond acceptors (Lipinski definition) is 8. The molecule has 4 rings (SSSR count). The fourth-order valence-corrected chi connectivity index (χ4v) is 4.00. The number of ether oxygens (including phenoxy) is 3. The number of aliphatic hydroxyl groups excluding tert-OH is 4. The third-order valence-electron chi connectivity index (χ3n) is 5.80. The van der Waals surface area contributed by atoms with Crippen molar-refractivity contribution in [2.75, 3.05) is 13.2 Å². The van der Waals surface area contributed by atoms with Crippen LogP contribution in [0.5, 0.6) is 11.5 Å². The van der Waals surface area contributed by atoms with E-state index in [0.717, 1.165) is 24.2 Å². The summed E-state index contributed by atoms with van der Waals surface area (Å²) in [5, 5.41) is 50.1. The van der Waals surface area contributed by atoms with Gasteiger partial charge in [-0.15, -0.1) is 0 Å². The van der Waals surface area contributed by atoms with Crippen LogP contribution in [0.3, 0.4) is 0 Å². The minimum atomic E-state index is -1.45. The normalized spacial score (nSPS) is 31.0. The minimum Gasteiger partial charge on any atom is -0.508 e. The van der Waals surface area contributed by atoms with Gasteiger partial charge in [-0.05, 0) is 47.4 Å². The zero-order chi connectivity index (χ0) is 22.0. The molecule has 8 nitrogen and oxygen atoms in total. The van der Waals surface area contributed by atoms with Gasteiger partial charge in [0.15, 0.2) is 6.29 Å². The van der Waals surface area contributed by atoms with Crippen molar-refractivity contribution < 1.29 is 39.7 Å². The molecule has 168 valence electrons. The Morgan fingerprint density at radius 2 is 1.74 bits per heavy atom. The highest BCUT2D eigenvalue weighted by Crippen LogP contribution is 2.35. The fourth-order valence-electron chi connectivity index (χ4n) is 4.00. The molecule has 0 spiro atoms. The molecule has 0 radical (unpaired) electrons. The molecule has 6 atom stereocenters. The van der Waals surface area contributed by atoms with Crippen LogP contribution in [0.4, 0.5) is 0 Å². The summed E-state index contributed by atoms with van der Waals surface area (Å²) >= 11 is 0. The van der Waals surface area contributed by atoms with Gasteiger partial charge in [0, 0.05) is 12.8 Å². The summed E-state index contributed by atoms with van der Waals surface area (Å²) in [6.45, 7) is 0.222. The third-order valence-corrected chi connectivity index (χ3v) is 5.80. The van der Waals surface area contributed by atoms with E-state index in [-0.39, 0.29) is 12.0 Å². The van der Waals surface area contributed by atoms with Gasteiger partial charge in [-0.3, -0.25) is 0 Å². The lowest BCUT2D eigenvalue weighted by atomic mass is 9.90. The summed E-state index contributed by atoms with van der Waals surface area (Å²) in [5.74, 6) is 0.808. The molecular weight excluding hydrogens is 404 g/mol. The molecule has 2 aromatic carbocycles. The summed E-state index contributed by atoms with van der Waals surface area (Å²) < 4.78 is 16.9. The molecule has 2 heterocycles. The average molecular weight is 432 g/mol. The minimum absolute atomic E-state index is 0.0908. The van der Waals surface area contributed by atoms with E-state index in [0.29, 0.717) is 24.2 Å².